The molecular formula is C21H28N3O4S+. The zero-order chi connectivity index (χ0) is 20.9. The fraction of sp³-hybridized carbons (Fsp3) is 0.381. The van der Waals surface area contributed by atoms with E-state index in [0.29, 0.717) is 25.4 Å². The van der Waals surface area contributed by atoms with E-state index in [1.165, 1.54) is 24.0 Å². The van der Waals surface area contributed by atoms with Crippen LogP contribution in [0.4, 0.5) is 5.69 Å². The van der Waals surface area contributed by atoms with Crippen LogP contribution in [0.15, 0.2) is 53.4 Å². The highest BCUT2D eigenvalue weighted by Gasteiger charge is 2.26. The summed E-state index contributed by atoms with van der Waals surface area (Å²) in [5.74, 6) is -0.202. The molecule has 1 atom stereocenters. The normalized spacial score (nSPS) is 16.3. The van der Waals surface area contributed by atoms with Gasteiger partial charge >= 0.3 is 0 Å². The van der Waals surface area contributed by atoms with Gasteiger partial charge in [0.1, 0.15) is 13.1 Å². The van der Waals surface area contributed by atoms with Crippen molar-refractivity contribution in [3.8, 4) is 0 Å². The third-order valence-electron chi connectivity index (χ3n) is 4.95. The van der Waals surface area contributed by atoms with Crippen LogP contribution in [0.5, 0.6) is 0 Å². The van der Waals surface area contributed by atoms with Crippen molar-refractivity contribution in [3.63, 3.8) is 0 Å². The molecule has 2 aromatic carbocycles. The van der Waals surface area contributed by atoms with E-state index >= 15 is 0 Å². The SMILES string of the molecule is CC(=O)Nc1ccc(S(=O)(=O)N[C@H](C[NH+]2CCOCC2)c2ccc(C)cc2)cc1. The van der Waals surface area contributed by atoms with E-state index in [0.717, 1.165) is 24.2 Å². The van der Waals surface area contributed by atoms with Crippen molar-refractivity contribution >= 4 is 21.6 Å². The number of morpholine rings is 1. The van der Waals surface area contributed by atoms with E-state index < -0.39 is 10.0 Å². The third-order valence-corrected chi connectivity index (χ3v) is 6.44. The Morgan fingerprint density at radius 3 is 2.28 bits per heavy atom. The first-order valence-electron chi connectivity index (χ1n) is 9.71. The van der Waals surface area contributed by atoms with Crippen molar-refractivity contribution < 1.29 is 22.8 Å². The van der Waals surface area contributed by atoms with Crippen LogP contribution in [0.25, 0.3) is 0 Å². The highest BCUT2D eigenvalue weighted by molar-refractivity contribution is 7.89. The number of ether oxygens (including phenoxy) is 1. The van der Waals surface area contributed by atoms with E-state index in [-0.39, 0.29) is 16.8 Å². The van der Waals surface area contributed by atoms with Crippen LogP contribution < -0.4 is 14.9 Å². The zero-order valence-electron chi connectivity index (χ0n) is 16.8. The summed E-state index contributed by atoms with van der Waals surface area (Å²) in [6.07, 6.45) is 0. The first-order valence-corrected chi connectivity index (χ1v) is 11.2. The van der Waals surface area contributed by atoms with E-state index in [1.807, 2.05) is 31.2 Å². The van der Waals surface area contributed by atoms with Crippen LogP contribution in [-0.2, 0) is 19.6 Å². The quantitative estimate of drug-likeness (QED) is 0.623. The van der Waals surface area contributed by atoms with Crippen molar-refractivity contribution in [2.45, 2.75) is 24.8 Å². The maximum atomic E-state index is 13.0. The van der Waals surface area contributed by atoms with Gasteiger partial charge in [0.15, 0.2) is 0 Å². The fourth-order valence-electron chi connectivity index (χ4n) is 3.36. The Morgan fingerprint density at radius 1 is 1.07 bits per heavy atom. The first-order chi connectivity index (χ1) is 13.8. The molecule has 156 valence electrons. The Labute approximate surface area is 172 Å². The highest BCUT2D eigenvalue weighted by atomic mass is 32.2. The molecule has 1 fully saturated rings. The van der Waals surface area contributed by atoms with Crippen molar-refractivity contribution in [3.05, 3.63) is 59.7 Å². The molecule has 0 aromatic heterocycles. The lowest BCUT2D eigenvalue weighted by molar-refractivity contribution is -0.909. The lowest BCUT2D eigenvalue weighted by atomic mass is 10.1. The predicted molar refractivity (Wildman–Crippen MR) is 111 cm³/mol. The smallest absolute Gasteiger partial charge is 0.241 e. The van der Waals surface area contributed by atoms with Gasteiger partial charge < -0.3 is 15.0 Å². The molecule has 1 aliphatic heterocycles. The molecule has 0 aliphatic carbocycles. The van der Waals surface area contributed by atoms with Crippen molar-refractivity contribution in [2.24, 2.45) is 0 Å². The average molecular weight is 419 g/mol. The second kappa shape index (κ2) is 9.49. The second-order valence-electron chi connectivity index (χ2n) is 7.36. The highest BCUT2D eigenvalue weighted by Crippen LogP contribution is 2.19. The van der Waals surface area contributed by atoms with Crippen LogP contribution in [-0.4, -0.2) is 47.2 Å². The van der Waals surface area contributed by atoms with Crippen LogP contribution in [0.1, 0.15) is 24.1 Å². The van der Waals surface area contributed by atoms with Gasteiger partial charge in [-0.3, -0.25) is 4.79 Å². The van der Waals surface area contributed by atoms with Crippen LogP contribution in [0.3, 0.4) is 0 Å². The number of hydrogen-bond acceptors (Lipinski definition) is 4. The van der Waals surface area contributed by atoms with Crippen molar-refractivity contribution in [2.75, 3.05) is 38.2 Å². The molecular weight excluding hydrogens is 390 g/mol. The van der Waals surface area contributed by atoms with Gasteiger partial charge in [0.25, 0.3) is 0 Å². The van der Waals surface area contributed by atoms with Gasteiger partial charge in [-0.25, -0.2) is 8.42 Å². The monoisotopic (exact) mass is 418 g/mol. The van der Waals surface area contributed by atoms with E-state index in [2.05, 4.69) is 10.0 Å². The van der Waals surface area contributed by atoms with Gasteiger partial charge in [0, 0.05) is 12.6 Å². The van der Waals surface area contributed by atoms with Crippen molar-refractivity contribution in [1.82, 2.24) is 4.72 Å². The Hall–Kier alpha value is -2.26. The maximum absolute atomic E-state index is 13.0. The number of quaternary nitrogens is 1. The number of benzene rings is 2. The number of rotatable bonds is 7. The number of carbonyl (C=O) groups excluding carboxylic acids is 1. The Balaban J connectivity index is 1.81. The number of nitrogens with one attached hydrogen (secondary N) is 3. The molecule has 1 saturated heterocycles. The molecule has 0 bridgehead atoms. The number of aryl methyl sites for hydroxylation is 1. The molecule has 8 heteroatoms. The minimum absolute atomic E-state index is 0.167. The molecule has 0 radical (unpaired) electrons. The molecule has 2 aromatic rings. The number of carbonyl (C=O) groups is 1. The summed E-state index contributed by atoms with van der Waals surface area (Å²) >= 11 is 0. The van der Waals surface area contributed by atoms with E-state index in [1.54, 1.807) is 12.1 Å². The molecule has 1 aliphatic rings. The summed E-state index contributed by atoms with van der Waals surface area (Å²) in [4.78, 5) is 12.6. The van der Waals surface area contributed by atoms with Crippen LogP contribution >= 0.6 is 0 Å². The largest absolute Gasteiger partial charge is 0.370 e. The summed E-state index contributed by atoms with van der Waals surface area (Å²) < 4.78 is 34.3. The topological polar surface area (TPSA) is 88.9 Å². The number of hydrogen-bond donors (Lipinski definition) is 3. The van der Waals surface area contributed by atoms with Crippen LogP contribution in [0, 0.1) is 6.92 Å². The first kappa shape index (κ1) is 21.4. The van der Waals surface area contributed by atoms with Gasteiger partial charge in [0.2, 0.25) is 15.9 Å². The summed E-state index contributed by atoms with van der Waals surface area (Å²) in [7, 11) is -3.72. The van der Waals surface area contributed by atoms with Crippen molar-refractivity contribution in [1.29, 1.82) is 0 Å². The molecule has 29 heavy (non-hydrogen) atoms. The number of sulfonamides is 1. The third kappa shape index (κ3) is 6.11. The summed E-state index contributed by atoms with van der Waals surface area (Å²) in [6.45, 7) is 7.15. The number of amides is 1. The second-order valence-corrected chi connectivity index (χ2v) is 9.07. The summed E-state index contributed by atoms with van der Waals surface area (Å²) in [5.41, 5.74) is 2.62. The minimum atomic E-state index is -3.72. The molecule has 3 N–H and O–H groups in total. The molecule has 0 spiro atoms. The van der Waals surface area contributed by atoms with Gasteiger partial charge in [-0.15, -0.1) is 0 Å². The molecule has 1 amide bonds. The minimum Gasteiger partial charge on any atom is -0.370 e. The molecule has 3 rings (SSSR count). The van der Waals surface area contributed by atoms with Gasteiger partial charge in [0.05, 0.1) is 30.7 Å². The number of anilines is 1. The maximum Gasteiger partial charge on any atom is 0.241 e. The molecule has 0 unspecified atom stereocenters. The summed E-state index contributed by atoms with van der Waals surface area (Å²) in [6, 6.07) is 13.8. The standard InChI is InChI=1S/C21H27N3O4S/c1-16-3-5-18(6-4-16)21(15-24-11-13-28-14-12-24)23-29(26,27)20-9-7-19(8-10-20)22-17(2)25/h3-10,21,23H,11-15H2,1-2H3,(H,22,25)/p+1/t21-/m1/s1. The van der Waals surface area contributed by atoms with Gasteiger partial charge in [-0.05, 0) is 36.8 Å². The van der Waals surface area contributed by atoms with Gasteiger partial charge in [-0.1, -0.05) is 29.8 Å². The lowest BCUT2D eigenvalue weighted by Gasteiger charge is -2.28. The molecule has 0 saturated carbocycles. The van der Waals surface area contributed by atoms with Gasteiger partial charge in [-0.2, -0.15) is 4.72 Å². The average Bonchev–Trinajstić information content (AvgIpc) is 2.69. The Morgan fingerprint density at radius 2 is 1.69 bits per heavy atom. The van der Waals surface area contributed by atoms with E-state index in [9.17, 15) is 13.2 Å². The zero-order valence-corrected chi connectivity index (χ0v) is 17.6. The van der Waals surface area contributed by atoms with Crippen LogP contribution in [0.2, 0.25) is 0 Å². The predicted octanol–water partition coefficient (Wildman–Crippen LogP) is 0.888. The Bertz CT molecular complexity index is 921. The molecule has 7 nitrogen and oxygen atoms in total. The summed E-state index contributed by atoms with van der Waals surface area (Å²) in [5, 5.41) is 2.64. The fourth-order valence-corrected chi connectivity index (χ4v) is 4.58. The Kier molecular flexibility index (Phi) is 7.02. The molecule has 1 heterocycles. The lowest BCUT2D eigenvalue weighted by Crippen LogP contribution is -3.14. The van der Waals surface area contributed by atoms with E-state index in [4.69, 9.17) is 4.74 Å².